The minimum absolute atomic E-state index is 0.0360. The first kappa shape index (κ1) is 34.8. The maximum atomic E-state index is 12.1. The Bertz CT molecular complexity index is 1500. The second kappa shape index (κ2) is 16.3. The van der Waals surface area contributed by atoms with Crippen LogP contribution in [0.4, 0.5) is 9.59 Å². The second-order valence-corrected chi connectivity index (χ2v) is 12.8. The van der Waals surface area contributed by atoms with E-state index in [0.29, 0.717) is 12.5 Å². The highest BCUT2D eigenvalue weighted by atomic mass is 35.5. The van der Waals surface area contributed by atoms with E-state index in [9.17, 15) is 26.4 Å². The average Bonchev–Trinajstić information content (AvgIpc) is 3.66. The van der Waals surface area contributed by atoms with Crippen molar-refractivity contribution in [1.82, 2.24) is 19.9 Å². The van der Waals surface area contributed by atoms with Crippen LogP contribution in [0.3, 0.4) is 0 Å². The fourth-order valence-electron chi connectivity index (χ4n) is 3.25. The largest absolute Gasteiger partial charge is 0.452 e. The molecular weight excluding hydrogens is 631 g/mol. The van der Waals surface area contributed by atoms with E-state index in [4.69, 9.17) is 23.2 Å². The number of hydrazone groups is 2. The monoisotopic (exact) mass is 662 g/mol. The van der Waals surface area contributed by atoms with Gasteiger partial charge in [0.1, 0.15) is 9.79 Å². The smallest absolute Gasteiger partial charge is 0.420 e. The summed E-state index contributed by atoms with van der Waals surface area (Å²) in [6.07, 6.45) is 4.60. The Morgan fingerprint density at radius 2 is 1.43 bits per heavy atom. The Kier molecular flexibility index (Phi) is 13.5. The van der Waals surface area contributed by atoms with Crippen molar-refractivity contribution in [1.29, 1.82) is 0 Å². The lowest BCUT2D eigenvalue weighted by Gasteiger charge is -2.15. The summed E-state index contributed by atoms with van der Waals surface area (Å²) in [6.45, 7) is 5.55. The zero-order chi connectivity index (χ0) is 31.3. The molecule has 2 aliphatic heterocycles. The van der Waals surface area contributed by atoms with Crippen LogP contribution in [0.15, 0.2) is 68.5 Å². The lowest BCUT2D eigenvalue weighted by Crippen LogP contribution is -2.40. The molecule has 2 aromatic carbocycles. The molecule has 13 nitrogen and oxygen atoms in total. The third-order valence-electron chi connectivity index (χ3n) is 5.71. The van der Waals surface area contributed by atoms with Gasteiger partial charge in [-0.25, -0.2) is 40.9 Å². The maximum Gasteiger partial charge on any atom is 0.420 e. The molecule has 0 bridgehead atoms. The Morgan fingerprint density at radius 1 is 0.905 bits per heavy atom. The highest BCUT2D eigenvalue weighted by Crippen LogP contribution is 2.21. The van der Waals surface area contributed by atoms with Crippen molar-refractivity contribution in [3.8, 4) is 0 Å². The molecule has 0 aromatic heterocycles. The molecule has 2 atom stereocenters. The van der Waals surface area contributed by atoms with Gasteiger partial charge < -0.3 is 10.2 Å². The van der Waals surface area contributed by atoms with Gasteiger partial charge in [-0.2, -0.15) is 10.2 Å². The van der Waals surface area contributed by atoms with Crippen molar-refractivity contribution in [2.45, 2.75) is 36.5 Å². The predicted octanol–water partition coefficient (Wildman–Crippen LogP) is 4.05. The number of halogens is 2. The number of nitrogens with one attached hydrogen (secondary N) is 3. The first-order valence-electron chi connectivity index (χ1n) is 12.6. The molecule has 0 aliphatic carbocycles. The van der Waals surface area contributed by atoms with E-state index in [1.54, 1.807) is 23.1 Å². The van der Waals surface area contributed by atoms with Crippen LogP contribution < -0.4 is 14.9 Å². The molecule has 0 spiro atoms. The van der Waals surface area contributed by atoms with Crippen LogP contribution in [0.2, 0.25) is 10.0 Å². The molecule has 0 saturated heterocycles. The SMILES string of the molecule is CCC1C=NN(C(=O)NS(=O)(=O)c2ccccc2Cl)C1.CCC1C=NNC1.COC(=O)NS(=O)(=O)c1ccccc1Cl. The minimum Gasteiger partial charge on any atom is -0.452 e. The summed E-state index contributed by atoms with van der Waals surface area (Å²) < 4.78 is 55.0. The van der Waals surface area contributed by atoms with Crippen molar-refractivity contribution >= 4 is 67.8 Å². The van der Waals surface area contributed by atoms with Crippen LogP contribution in [-0.4, -0.2) is 66.6 Å². The number of benzene rings is 2. The van der Waals surface area contributed by atoms with E-state index in [1.165, 1.54) is 42.8 Å². The summed E-state index contributed by atoms with van der Waals surface area (Å²) in [4.78, 5) is 22.3. The number of nitrogens with zero attached hydrogens (tertiary/aromatic N) is 3. The van der Waals surface area contributed by atoms with Crippen LogP contribution in [0.1, 0.15) is 26.7 Å². The Labute approximate surface area is 255 Å². The van der Waals surface area contributed by atoms with E-state index < -0.39 is 32.2 Å². The first-order valence-corrected chi connectivity index (χ1v) is 16.3. The van der Waals surface area contributed by atoms with Gasteiger partial charge in [-0.1, -0.05) is 61.3 Å². The first-order chi connectivity index (χ1) is 19.8. The molecule has 0 radical (unpaired) electrons. The van der Waals surface area contributed by atoms with Crippen molar-refractivity contribution in [3.63, 3.8) is 0 Å². The number of rotatable bonds is 6. The molecule has 3 N–H and O–H groups in total. The molecule has 0 saturated carbocycles. The van der Waals surface area contributed by atoms with Gasteiger partial charge in [0.05, 0.1) is 23.7 Å². The number of carbonyl (C=O) groups is 2. The Hall–Kier alpha value is -3.40. The molecule has 230 valence electrons. The van der Waals surface area contributed by atoms with E-state index in [0.717, 1.165) is 25.1 Å². The molecular formula is C25H32Cl2N6O7S2. The number of amides is 3. The number of methoxy groups -OCH3 is 1. The fourth-order valence-corrected chi connectivity index (χ4v) is 6.15. The third kappa shape index (κ3) is 10.5. The summed E-state index contributed by atoms with van der Waals surface area (Å²) in [5.74, 6) is 0.851. The molecule has 2 aromatic rings. The quantitative estimate of drug-likeness (QED) is 0.415. The molecule has 2 aliphatic rings. The predicted molar refractivity (Wildman–Crippen MR) is 161 cm³/mol. The number of carbonyl (C=O) groups excluding carboxylic acids is 2. The summed E-state index contributed by atoms with van der Waals surface area (Å²) in [6, 6.07) is 10.9. The van der Waals surface area contributed by atoms with Gasteiger partial charge in [-0.3, -0.25) is 0 Å². The minimum atomic E-state index is -4.00. The highest BCUT2D eigenvalue weighted by molar-refractivity contribution is 7.90. The van der Waals surface area contributed by atoms with Gasteiger partial charge in [-0.05, 0) is 37.1 Å². The molecule has 17 heteroatoms. The normalized spacial score (nSPS) is 17.2. The molecule has 2 unspecified atom stereocenters. The van der Waals surface area contributed by atoms with E-state index in [1.807, 2.05) is 17.9 Å². The zero-order valence-electron chi connectivity index (χ0n) is 23.0. The van der Waals surface area contributed by atoms with Crippen LogP contribution in [-0.2, 0) is 24.8 Å². The fraction of sp³-hybridized carbons (Fsp3) is 0.360. The molecule has 0 fully saturated rings. The number of hydrogen-bond acceptors (Lipinski definition) is 10. The van der Waals surface area contributed by atoms with Crippen LogP contribution in [0.5, 0.6) is 0 Å². The lowest BCUT2D eigenvalue weighted by molar-refractivity contribution is 0.177. The third-order valence-corrected chi connectivity index (χ3v) is 9.35. The molecule has 4 rings (SSSR count). The van der Waals surface area contributed by atoms with Crippen LogP contribution >= 0.6 is 23.2 Å². The Balaban J connectivity index is 0.000000245. The summed E-state index contributed by atoms with van der Waals surface area (Å²) in [5.41, 5.74) is 2.89. The van der Waals surface area contributed by atoms with Crippen molar-refractivity contribution in [2.75, 3.05) is 20.2 Å². The van der Waals surface area contributed by atoms with Crippen LogP contribution in [0, 0.1) is 11.8 Å². The average molecular weight is 664 g/mol. The van der Waals surface area contributed by atoms with Crippen LogP contribution in [0.25, 0.3) is 0 Å². The summed E-state index contributed by atoms with van der Waals surface area (Å²) in [7, 11) is -6.89. The lowest BCUT2D eigenvalue weighted by atomic mass is 10.1. The van der Waals surface area contributed by atoms with Gasteiger partial charge >= 0.3 is 12.1 Å². The summed E-state index contributed by atoms with van der Waals surface area (Å²) in [5, 5.41) is 8.94. The van der Waals surface area contributed by atoms with Gasteiger partial charge in [0.25, 0.3) is 20.0 Å². The molecule has 2 heterocycles. The van der Waals surface area contributed by atoms with Gasteiger partial charge in [0, 0.05) is 30.8 Å². The molecule has 3 amide bonds. The summed E-state index contributed by atoms with van der Waals surface area (Å²) >= 11 is 11.5. The van der Waals surface area contributed by atoms with E-state index in [2.05, 4.69) is 27.3 Å². The van der Waals surface area contributed by atoms with Gasteiger partial charge in [0.2, 0.25) is 0 Å². The number of ether oxygens (including phenoxy) is 1. The van der Waals surface area contributed by atoms with E-state index >= 15 is 0 Å². The highest BCUT2D eigenvalue weighted by Gasteiger charge is 2.27. The zero-order valence-corrected chi connectivity index (χ0v) is 26.2. The second-order valence-electron chi connectivity index (χ2n) is 8.69. The topological polar surface area (TPSA) is 176 Å². The maximum absolute atomic E-state index is 12.1. The van der Waals surface area contributed by atoms with Crippen molar-refractivity contribution in [3.05, 3.63) is 58.6 Å². The Morgan fingerprint density at radius 3 is 1.83 bits per heavy atom. The van der Waals surface area contributed by atoms with Gasteiger partial charge in [-0.15, -0.1) is 0 Å². The van der Waals surface area contributed by atoms with E-state index in [-0.39, 0.29) is 25.8 Å². The van der Waals surface area contributed by atoms with Crippen molar-refractivity contribution in [2.24, 2.45) is 22.0 Å². The number of sulfonamides is 2. The standard InChI is InChI=1S/C12H14ClN3O3S.C8H8ClNO4S.C5H10N2/c1-2-9-7-14-16(8-9)12(17)15-20(18,19)11-6-4-3-5-10(11)13;1-14-8(11)10-15(12,13)7-5-3-2-4-6(7)9;1-2-5-3-6-7-4-5/h3-7,9H,2,8H2,1H3,(H,15,17);2-5H,1H3,(H,10,11);3,5,7H,2,4H2,1H3. The molecule has 42 heavy (non-hydrogen) atoms. The number of hydrogen-bond donors (Lipinski definition) is 3. The van der Waals surface area contributed by atoms with Crippen molar-refractivity contribution < 1.29 is 31.2 Å². The van der Waals surface area contributed by atoms with Gasteiger partial charge in [0.15, 0.2) is 0 Å². The number of urea groups is 1.